The van der Waals surface area contributed by atoms with Gasteiger partial charge in [0.15, 0.2) is 0 Å². The topological polar surface area (TPSA) is 59.2 Å². The standard InChI is InChI=1S/C17H27N3O/c1-3-8-14-11-13(12-16(18)19-14)17(21)20(2)15-9-6-4-5-7-10-15/h11-12,15H,3-10H2,1-2H3,(H2,18,19). The minimum atomic E-state index is 0.0772. The fraction of sp³-hybridized carbons (Fsp3) is 0.647. The highest BCUT2D eigenvalue weighted by molar-refractivity contribution is 5.95. The van der Waals surface area contributed by atoms with E-state index in [0.717, 1.165) is 31.4 Å². The summed E-state index contributed by atoms with van der Waals surface area (Å²) < 4.78 is 0. The van der Waals surface area contributed by atoms with Crippen LogP contribution in [0.5, 0.6) is 0 Å². The van der Waals surface area contributed by atoms with Crippen molar-refractivity contribution in [2.75, 3.05) is 12.8 Å². The van der Waals surface area contributed by atoms with Crippen LogP contribution in [0.3, 0.4) is 0 Å². The molecule has 2 N–H and O–H groups in total. The zero-order valence-electron chi connectivity index (χ0n) is 13.3. The van der Waals surface area contributed by atoms with E-state index in [0.29, 0.717) is 17.4 Å². The molecular weight excluding hydrogens is 262 g/mol. The number of nitrogens with two attached hydrogens (primary N) is 1. The van der Waals surface area contributed by atoms with Gasteiger partial charge in [-0.25, -0.2) is 4.98 Å². The molecule has 0 radical (unpaired) electrons. The molecule has 0 aromatic carbocycles. The number of nitrogen functional groups attached to an aromatic ring is 1. The van der Waals surface area contributed by atoms with Gasteiger partial charge in [0.2, 0.25) is 0 Å². The van der Waals surface area contributed by atoms with Gasteiger partial charge in [-0.15, -0.1) is 0 Å². The molecule has 0 unspecified atom stereocenters. The summed E-state index contributed by atoms with van der Waals surface area (Å²) in [7, 11) is 1.93. The van der Waals surface area contributed by atoms with E-state index in [4.69, 9.17) is 5.73 Å². The Balaban J connectivity index is 2.14. The van der Waals surface area contributed by atoms with Crippen LogP contribution in [-0.2, 0) is 6.42 Å². The highest BCUT2D eigenvalue weighted by atomic mass is 16.2. The summed E-state index contributed by atoms with van der Waals surface area (Å²) in [6.07, 6.45) is 9.13. The number of anilines is 1. The van der Waals surface area contributed by atoms with Crippen LogP contribution in [0.1, 0.15) is 67.9 Å². The molecule has 0 bridgehead atoms. The molecule has 21 heavy (non-hydrogen) atoms. The molecule has 1 aromatic rings. The molecule has 1 saturated carbocycles. The fourth-order valence-corrected chi connectivity index (χ4v) is 3.13. The van der Waals surface area contributed by atoms with Gasteiger partial charge in [-0.1, -0.05) is 39.0 Å². The lowest BCUT2D eigenvalue weighted by Crippen LogP contribution is -2.36. The van der Waals surface area contributed by atoms with Crippen molar-refractivity contribution in [1.29, 1.82) is 0 Å². The average Bonchev–Trinajstić information content (AvgIpc) is 2.74. The summed E-state index contributed by atoms with van der Waals surface area (Å²) in [6, 6.07) is 3.97. The molecule has 0 aliphatic heterocycles. The van der Waals surface area contributed by atoms with Crippen molar-refractivity contribution in [3.05, 3.63) is 23.4 Å². The lowest BCUT2D eigenvalue weighted by atomic mass is 10.1. The van der Waals surface area contributed by atoms with Gasteiger partial charge in [0.1, 0.15) is 5.82 Å². The van der Waals surface area contributed by atoms with E-state index in [1.807, 2.05) is 18.0 Å². The van der Waals surface area contributed by atoms with E-state index < -0.39 is 0 Å². The number of hydrogen-bond donors (Lipinski definition) is 1. The third-order valence-electron chi connectivity index (χ3n) is 4.34. The van der Waals surface area contributed by atoms with Crippen LogP contribution in [0.2, 0.25) is 0 Å². The number of aryl methyl sites for hydroxylation is 1. The third-order valence-corrected chi connectivity index (χ3v) is 4.34. The van der Waals surface area contributed by atoms with E-state index in [9.17, 15) is 4.79 Å². The molecule has 1 aromatic heterocycles. The lowest BCUT2D eigenvalue weighted by Gasteiger charge is -2.27. The second-order valence-electron chi connectivity index (χ2n) is 6.08. The van der Waals surface area contributed by atoms with Crippen molar-refractivity contribution in [1.82, 2.24) is 9.88 Å². The number of amides is 1. The van der Waals surface area contributed by atoms with E-state index in [2.05, 4.69) is 11.9 Å². The largest absolute Gasteiger partial charge is 0.384 e. The predicted molar refractivity (Wildman–Crippen MR) is 86.2 cm³/mol. The smallest absolute Gasteiger partial charge is 0.254 e. The van der Waals surface area contributed by atoms with E-state index >= 15 is 0 Å². The summed E-state index contributed by atoms with van der Waals surface area (Å²) >= 11 is 0. The molecular formula is C17H27N3O. The van der Waals surface area contributed by atoms with Crippen molar-refractivity contribution >= 4 is 11.7 Å². The number of pyridine rings is 1. The first-order valence-electron chi connectivity index (χ1n) is 8.15. The molecule has 4 nitrogen and oxygen atoms in total. The van der Waals surface area contributed by atoms with Crippen LogP contribution >= 0.6 is 0 Å². The first-order valence-corrected chi connectivity index (χ1v) is 8.15. The first kappa shape index (κ1) is 15.8. The summed E-state index contributed by atoms with van der Waals surface area (Å²) in [4.78, 5) is 18.9. The van der Waals surface area contributed by atoms with E-state index in [-0.39, 0.29) is 5.91 Å². The zero-order valence-corrected chi connectivity index (χ0v) is 13.3. The Morgan fingerprint density at radius 1 is 1.29 bits per heavy atom. The Morgan fingerprint density at radius 3 is 2.57 bits per heavy atom. The van der Waals surface area contributed by atoms with E-state index in [1.165, 1.54) is 25.7 Å². The van der Waals surface area contributed by atoms with Crippen LogP contribution in [-0.4, -0.2) is 28.9 Å². The van der Waals surface area contributed by atoms with E-state index in [1.54, 1.807) is 6.07 Å². The number of aromatic nitrogens is 1. The molecule has 1 aliphatic carbocycles. The van der Waals surface area contributed by atoms with Gasteiger partial charge < -0.3 is 10.6 Å². The molecule has 1 fully saturated rings. The summed E-state index contributed by atoms with van der Waals surface area (Å²) in [5, 5.41) is 0. The van der Waals surface area contributed by atoms with Crippen LogP contribution in [0.15, 0.2) is 12.1 Å². The van der Waals surface area contributed by atoms with Gasteiger partial charge in [-0.3, -0.25) is 4.79 Å². The Kier molecular flexibility index (Phi) is 5.59. The Morgan fingerprint density at radius 2 is 1.95 bits per heavy atom. The lowest BCUT2D eigenvalue weighted by molar-refractivity contribution is 0.0717. The van der Waals surface area contributed by atoms with Gasteiger partial charge in [0.05, 0.1) is 0 Å². The normalized spacial score (nSPS) is 16.5. The summed E-state index contributed by atoms with van der Waals surface area (Å²) in [6.45, 7) is 2.10. The molecule has 0 spiro atoms. The molecule has 1 heterocycles. The maximum atomic E-state index is 12.7. The Hall–Kier alpha value is -1.58. The minimum Gasteiger partial charge on any atom is -0.384 e. The van der Waals surface area contributed by atoms with Crippen molar-refractivity contribution in [3.8, 4) is 0 Å². The van der Waals surface area contributed by atoms with Gasteiger partial charge in [-0.2, -0.15) is 0 Å². The number of nitrogens with zero attached hydrogens (tertiary/aromatic N) is 2. The number of carbonyl (C=O) groups is 1. The minimum absolute atomic E-state index is 0.0772. The second kappa shape index (κ2) is 7.43. The highest BCUT2D eigenvalue weighted by Crippen LogP contribution is 2.23. The third kappa shape index (κ3) is 4.19. The molecule has 4 heteroatoms. The van der Waals surface area contributed by atoms with Crippen molar-refractivity contribution < 1.29 is 4.79 Å². The molecule has 116 valence electrons. The number of hydrogen-bond acceptors (Lipinski definition) is 3. The maximum Gasteiger partial charge on any atom is 0.254 e. The number of rotatable bonds is 4. The zero-order chi connectivity index (χ0) is 15.2. The van der Waals surface area contributed by atoms with Crippen molar-refractivity contribution in [2.45, 2.75) is 64.3 Å². The van der Waals surface area contributed by atoms with Crippen LogP contribution in [0.25, 0.3) is 0 Å². The maximum absolute atomic E-state index is 12.7. The fourth-order valence-electron chi connectivity index (χ4n) is 3.13. The second-order valence-corrected chi connectivity index (χ2v) is 6.08. The summed E-state index contributed by atoms with van der Waals surface area (Å²) in [5.74, 6) is 0.520. The predicted octanol–water partition coefficient (Wildman–Crippen LogP) is 3.41. The van der Waals surface area contributed by atoms with Crippen LogP contribution in [0.4, 0.5) is 5.82 Å². The van der Waals surface area contributed by atoms with Gasteiger partial charge in [0, 0.05) is 24.3 Å². The number of carbonyl (C=O) groups excluding carboxylic acids is 1. The first-order chi connectivity index (χ1) is 10.1. The Labute approximate surface area is 127 Å². The van der Waals surface area contributed by atoms with Crippen molar-refractivity contribution in [3.63, 3.8) is 0 Å². The molecule has 0 atom stereocenters. The highest BCUT2D eigenvalue weighted by Gasteiger charge is 2.22. The van der Waals surface area contributed by atoms with Gasteiger partial charge in [-0.05, 0) is 31.4 Å². The molecule has 2 rings (SSSR count). The van der Waals surface area contributed by atoms with Gasteiger partial charge >= 0.3 is 0 Å². The SMILES string of the molecule is CCCc1cc(C(=O)N(C)C2CCCCCC2)cc(N)n1. The van der Waals surface area contributed by atoms with Crippen LogP contribution in [0, 0.1) is 0 Å². The Bertz CT molecular complexity index is 479. The van der Waals surface area contributed by atoms with Gasteiger partial charge in [0.25, 0.3) is 5.91 Å². The monoisotopic (exact) mass is 289 g/mol. The molecule has 1 aliphatic rings. The van der Waals surface area contributed by atoms with Crippen LogP contribution < -0.4 is 5.73 Å². The van der Waals surface area contributed by atoms with Crippen molar-refractivity contribution in [2.24, 2.45) is 0 Å². The molecule has 0 saturated heterocycles. The molecule has 1 amide bonds. The average molecular weight is 289 g/mol. The quantitative estimate of drug-likeness (QED) is 0.864. The summed E-state index contributed by atoms with van der Waals surface area (Å²) in [5.41, 5.74) is 7.44.